The van der Waals surface area contributed by atoms with E-state index >= 15 is 4.39 Å². The first-order valence-corrected chi connectivity index (χ1v) is 16.4. The third kappa shape index (κ3) is 4.77. The van der Waals surface area contributed by atoms with Crippen LogP contribution in [0, 0.1) is 5.82 Å². The summed E-state index contributed by atoms with van der Waals surface area (Å²) in [6.07, 6.45) is 4.29. The van der Waals surface area contributed by atoms with E-state index in [1.165, 1.54) is 16.4 Å². The molecule has 1 saturated carbocycles. The second-order valence-corrected chi connectivity index (χ2v) is 15.2. The monoisotopic (exact) mass is 522 g/mol. The van der Waals surface area contributed by atoms with Crippen molar-refractivity contribution in [2.75, 3.05) is 5.32 Å². The fraction of sp³-hybridized carbons (Fsp3) is 0.545. The molecule has 1 aromatic heterocycles. The Morgan fingerprint density at radius 1 is 1.37 bits per heavy atom. The number of nitrogens with one attached hydrogen (secondary N) is 3. The molecule has 30 heavy (non-hydrogen) atoms. The molecule has 6 nitrogen and oxygen atoms in total. The van der Waals surface area contributed by atoms with Gasteiger partial charge in [-0.15, -0.1) is 0 Å². The number of hydrogen-bond acceptors (Lipinski definition) is 4. The van der Waals surface area contributed by atoms with Gasteiger partial charge in [-0.3, -0.25) is 0 Å². The van der Waals surface area contributed by atoms with Crippen molar-refractivity contribution in [1.82, 2.24) is 15.5 Å². The molecule has 1 aromatic carbocycles. The number of nitrogens with zero attached hydrogens (tertiary/aromatic N) is 1. The Balaban J connectivity index is 1.40. The van der Waals surface area contributed by atoms with Gasteiger partial charge in [0.15, 0.2) is 0 Å². The van der Waals surface area contributed by atoms with Crippen LogP contribution < -0.4 is 14.1 Å². The number of anilines is 2. The van der Waals surface area contributed by atoms with E-state index in [0.717, 1.165) is 34.9 Å². The summed E-state index contributed by atoms with van der Waals surface area (Å²) in [5, 5.41) is 13.4. The molecule has 3 N–H and O–H groups in total. The molecule has 1 aliphatic carbocycles. The molecule has 8 heteroatoms. The van der Waals surface area contributed by atoms with E-state index in [-0.39, 0.29) is 30.0 Å². The zero-order valence-corrected chi connectivity index (χ0v) is 20.3. The number of carbonyl (C=O) groups is 1. The van der Waals surface area contributed by atoms with Crippen LogP contribution in [-0.2, 0) is 11.2 Å². The molecule has 2 heterocycles. The number of hydrogen-bond donors (Lipinski definition) is 3. The quantitative estimate of drug-likeness (QED) is 0.510. The maximum atomic E-state index is 15.2. The van der Waals surface area contributed by atoms with Crippen molar-refractivity contribution in [3.63, 3.8) is 0 Å². The van der Waals surface area contributed by atoms with Crippen molar-refractivity contribution in [3.8, 4) is 0 Å². The number of H-pyrrole nitrogens is 1. The Morgan fingerprint density at radius 2 is 2.20 bits per heavy atom. The molecule has 162 valence electrons. The fourth-order valence-corrected chi connectivity index (χ4v) is 10.1. The number of fused-ring (bicyclic) bond motifs is 1. The Labute approximate surface area is 184 Å². The van der Waals surface area contributed by atoms with Crippen molar-refractivity contribution in [1.29, 1.82) is 0 Å². The predicted octanol–water partition coefficient (Wildman–Crippen LogP) is 4.34. The summed E-state index contributed by atoms with van der Waals surface area (Å²) in [5.41, 5.74) is 2.72. The van der Waals surface area contributed by atoms with Crippen LogP contribution in [-0.4, -0.2) is 48.6 Å². The predicted molar refractivity (Wildman–Crippen MR) is 118 cm³/mol. The van der Waals surface area contributed by atoms with Crippen LogP contribution >= 0.6 is 0 Å². The third-order valence-corrected chi connectivity index (χ3v) is 12.3. The van der Waals surface area contributed by atoms with Crippen LogP contribution in [0.15, 0.2) is 18.2 Å². The molecule has 0 bridgehead atoms. The van der Waals surface area contributed by atoms with Gasteiger partial charge in [0.25, 0.3) is 0 Å². The van der Waals surface area contributed by atoms with Crippen molar-refractivity contribution in [2.24, 2.45) is 0 Å². The van der Waals surface area contributed by atoms with E-state index in [4.69, 9.17) is 4.74 Å². The van der Waals surface area contributed by atoms with E-state index in [1.54, 1.807) is 0 Å². The number of aryl methyl sites for hydroxylation is 1. The van der Waals surface area contributed by atoms with Gasteiger partial charge in [0, 0.05) is 6.04 Å². The topological polar surface area (TPSA) is 79.0 Å². The van der Waals surface area contributed by atoms with Crippen LogP contribution in [0.25, 0.3) is 0 Å². The molecule has 2 atom stereocenters. The first kappa shape index (κ1) is 21.5. The van der Waals surface area contributed by atoms with Crippen molar-refractivity contribution < 1.29 is 13.9 Å². The van der Waals surface area contributed by atoms with Gasteiger partial charge in [0.1, 0.15) is 0 Å². The second kappa shape index (κ2) is 9.17. The molecule has 0 spiro atoms. The van der Waals surface area contributed by atoms with Gasteiger partial charge in [0.05, 0.1) is 0 Å². The summed E-state index contributed by atoms with van der Waals surface area (Å²) in [4.78, 5) is 14.1. The first-order valence-electron chi connectivity index (χ1n) is 10.7. The number of aromatic amines is 1. The number of amides is 1. The average molecular weight is 523 g/mol. The van der Waals surface area contributed by atoms with Gasteiger partial charge < -0.3 is 5.32 Å². The number of ether oxygens (including phenoxy) is 1. The molecule has 1 aliphatic heterocycles. The zero-order chi connectivity index (χ0) is 21.3. The standard InChI is InChI=1S/C21H27FN4O2.CH3.Sb/c1-4-5-14-6-9-18(17(22)10-14)24-20-12-19(25-26-20)15-7-8-16(11-15)28-21(27)23-13(2)3;;/h6,9,12-13,15-16H,1,4-5,7-8,11H2,2-3H3,(H,23,27)(H2,24,25,26);1H3;. The van der Waals surface area contributed by atoms with Gasteiger partial charge in [-0.25, -0.2) is 4.79 Å². The maximum absolute atomic E-state index is 15.2. The van der Waals surface area contributed by atoms with Crippen LogP contribution in [0.5, 0.6) is 0 Å². The van der Waals surface area contributed by atoms with Crippen molar-refractivity contribution in [3.05, 3.63) is 35.3 Å². The summed E-state index contributed by atoms with van der Waals surface area (Å²) in [5.74, 6) is 0.807. The van der Waals surface area contributed by atoms with Gasteiger partial charge in [0.2, 0.25) is 0 Å². The molecular weight excluding hydrogens is 493 g/mol. The summed E-state index contributed by atoms with van der Waals surface area (Å²) in [6, 6.07) is 5.93. The number of carbonyl (C=O) groups excluding carboxylic acids is 1. The normalized spacial score (nSPS) is 21.5. The van der Waals surface area contributed by atoms with Crippen LogP contribution in [0.1, 0.15) is 56.7 Å². The SMILES string of the molecule is CC(C)NC(=O)OC1CCC(c2cc(Nc3ccc4[c](c3F)[Sb]([CH3])[CH2]CC4)n[nH]2)C1. The molecule has 4 rings (SSSR count). The molecule has 0 saturated heterocycles. The van der Waals surface area contributed by atoms with Gasteiger partial charge >= 0.3 is 155 Å². The number of halogens is 1. The molecule has 1 fully saturated rings. The molecule has 1 amide bonds. The van der Waals surface area contributed by atoms with Crippen LogP contribution in [0.3, 0.4) is 0 Å². The minimum atomic E-state index is -1.66. The van der Waals surface area contributed by atoms with E-state index < -0.39 is 20.2 Å². The summed E-state index contributed by atoms with van der Waals surface area (Å²) < 4.78 is 22.9. The number of alkyl carbamates (subject to hydrolysis) is 1. The van der Waals surface area contributed by atoms with Gasteiger partial charge in [-0.05, 0) is 13.8 Å². The van der Waals surface area contributed by atoms with Crippen LogP contribution in [0.4, 0.5) is 20.7 Å². The van der Waals surface area contributed by atoms with E-state index in [1.807, 2.05) is 26.0 Å². The Hall–Kier alpha value is -1.75. The average Bonchev–Trinajstić information content (AvgIpc) is 3.33. The fourth-order valence-electron chi connectivity index (χ4n) is 4.43. The summed E-state index contributed by atoms with van der Waals surface area (Å²) >= 11 is -1.66. The Bertz CT molecular complexity index is 917. The minimum absolute atomic E-state index is 0.0615. The summed E-state index contributed by atoms with van der Waals surface area (Å²) in [6.45, 7) is 3.82. The zero-order valence-electron chi connectivity index (χ0n) is 17.8. The Morgan fingerprint density at radius 3 is 3.00 bits per heavy atom. The molecule has 2 aromatic rings. The number of aromatic nitrogens is 2. The van der Waals surface area contributed by atoms with E-state index in [2.05, 4.69) is 31.8 Å². The third-order valence-electron chi connectivity index (χ3n) is 5.89. The van der Waals surface area contributed by atoms with E-state index in [9.17, 15) is 4.79 Å². The van der Waals surface area contributed by atoms with Crippen molar-refractivity contribution in [2.45, 2.75) is 73.3 Å². The number of rotatable bonds is 5. The molecular formula is C22H30FN4O2Sb. The van der Waals surface area contributed by atoms with Gasteiger partial charge in [-0.1, -0.05) is 0 Å². The molecule has 2 unspecified atom stereocenters. The van der Waals surface area contributed by atoms with Gasteiger partial charge in [-0.2, -0.15) is 0 Å². The summed E-state index contributed by atoms with van der Waals surface area (Å²) in [7, 11) is 0. The Kier molecular flexibility index (Phi) is 6.56. The van der Waals surface area contributed by atoms with E-state index in [0.29, 0.717) is 11.5 Å². The first-order chi connectivity index (χ1) is 14.4. The molecule has 0 radical (unpaired) electrons. The number of benzene rings is 1. The molecule has 2 aliphatic rings. The van der Waals surface area contributed by atoms with Crippen LogP contribution in [0.2, 0.25) is 9.24 Å². The second-order valence-electron chi connectivity index (χ2n) is 8.63. The van der Waals surface area contributed by atoms with Crippen molar-refractivity contribution >= 4 is 41.3 Å².